The molecule has 0 aromatic heterocycles. The van der Waals surface area contributed by atoms with Gasteiger partial charge in [0.25, 0.3) is 0 Å². The van der Waals surface area contributed by atoms with Gasteiger partial charge in [-0.1, -0.05) is 6.92 Å². The molecule has 0 aliphatic carbocycles. The summed E-state index contributed by atoms with van der Waals surface area (Å²) in [5.74, 6) is 0.719. The van der Waals surface area contributed by atoms with Gasteiger partial charge in [-0.2, -0.15) is 0 Å². The fraction of sp³-hybridized carbons (Fsp3) is 1.00. The molecule has 0 aromatic carbocycles. The topological polar surface area (TPSA) is 21.3 Å². The van der Waals surface area contributed by atoms with E-state index in [9.17, 15) is 0 Å². The number of ether oxygens (including phenoxy) is 1. The molecule has 0 saturated carbocycles. The van der Waals surface area contributed by atoms with Gasteiger partial charge in [0.1, 0.15) is 0 Å². The lowest BCUT2D eigenvalue weighted by molar-refractivity contribution is 0.0974. The minimum Gasteiger partial charge on any atom is -0.378 e. The highest BCUT2D eigenvalue weighted by molar-refractivity contribution is 4.81. The van der Waals surface area contributed by atoms with Gasteiger partial charge < -0.3 is 10.1 Å². The Kier molecular flexibility index (Phi) is 4.02. The lowest BCUT2D eigenvalue weighted by Crippen LogP contribution is -2.37. The minimum absolute atomic E-state index is 0.448. The van der Waals surface area contributed by atoms with Crippen LogP contribution in [-0.2, 0) is 4.74 Å². The molecular formula is C10H21NO. The van der Waals surface area contributed by atoms with Crippen LogP contribution in [0.2, 0.25) is 0 Å². The molecule has 1 heterocycles. The third-order valence-electron chi connectivity index (χ3n) is 2.79. The van der Waals surface area contributed by atoms with E-state index in [0.717, 1.165) is 19.1 Å². The highest BCUT2D eigenvalue weighted by Gasteiger charge is 2.28. The molecule has 1 N–H and O–H groups in total. The monoisotopic (exact) mass is 171 g/mol. The van der Waals surface area contributed by atoms with E-state index in [1.165, 1.54) is 12.8 Å². The molecule has 1 saturated heterocycles. The van der Waals surface area contributed by atoms with E-state index < -0.39 is 0 Å². The maximum absolute atomic E-state index is 5.53. The smallest absolute Gasteiger partial charge is 0.0590 e. The second-order valence-corrected chi connectivity index (χ2v) is 3.77. The number of hydrogen-bond donors (Lipinski definition) is 1. The average Bonchev–Trinajstić information content (AvgIpc) is 2.47. The van der Waals surface area contributed by atoms with E-state index in [4.69, 9.17) is 4.74 Å². The Morgan fingerprint density at radius 1 is 1.58 bits per heavy atom. The molecular weight excluding hydrogens is 150 g/mol. The van der Waals surface area contributed by atoms with Crippen LogP contribution in [0.1, 0.15) is 33.6 Å². The molecule has 1 aliphatic heterocycles. The Morgan fingerprint density at radius 2 is 2.33 bits per heavy atom. The molecule has 1 rings (SSSR count). The van der Waals surface area contributed by atoms with Crippen LogP contribution in [0.15, 0.2) is 0 Å². The van der Waals surface area contributed by atoms with Crippen LogP contribution >= 0.6 is 0 Å². The second-order valence-electron chi connectivity index (χ2n) is 3.77. The summed E-state index contributed by atoms with van der Waals surface area (Å²) in [5, 5.41) is 3.52. The summed E-state index contributed by atoms with van der Waals surface area (Å²) >= 11 is 0. The maximum atomic E-state index is 5.53. The standard InChI is InChI=1S/C10H21NO/c1-4-6-11-8(2)10-5-7-12-9(10)3/h8-11H,4-7H2,1-3H3. The molecule has 0 spiro atoms. The molecule has 1 fully saturated rings. The summed E-state index contributed by atoms with van der Waals surface area (Å²) < 4.78 is 5.53. The zero-order valence-corrected chi connectivity index (χ0v) is 8.47. The van der Waals surface area contributed by atoms with Crippen molar-refractivity contribution in [1.82, 2.24) is 5.32 Å². The molecule has 0 aromatic rings. The first-order chi connectivity index (χ1) is 5.75. The zero-order valence-electron chi connectivity index (χ0n) is 8.47. The molecule has 2 heteroatoms. The van der Waals surface area contributed by atoms with Crippen LogP contribution in [0.4, 0.5) is 0 Å². The molecule has 0 amide bonds. The van der Waals surface area contributed by atoms with Crippen LogP contribution in [0.5, 0.6) is 0 Å². The number of rotatable bonds is 4. The van der Waals surface area contributed by atoms with Crippen molar-refractivity contribution in [3.05, 3.63) is 0 Å². The predicted octanol–water partition coefficient (Wildman–Crippen LogP) is 1.80. The van der Waals surface area contributed by atoms with Crippen molar-refractivity contribution < 1.29 is 4.74 Å². The maximum Gasteiger partial charge on any atom is 0.0590 e. The predicted molar refractivity (Wildman–Crippen MR) is 51.3 cm³/mol. The van der Waals surface area contributed by atoms with E-state index in [2.05, 4.69) is 26.1 Å². The van der Waals surface area contributed by atoms with E-state index >= 15 is 0 Å². The first-order valence-electron chi connectivity index (χ1n) is 5.10. The Hall–Kier alpha value is -0.0800. The van der Waals surface area contributed by atoms with Crippen molar-refractivity contribution in [2.75, 3.05) is 13.2 Å². The molecule has 72 valence electrons. The van der Waals surface area contributed by atoms with Crippen molar-refractivity contribution >= 4 is 0 Å². The van der Waals surface area contributed by atoms with Gasteiger partial charge in [-0.3, -0.25) is 0 Å². The summed E-state index contributed by atoms with van der Waals surface area (Å²) in [5.41, 5.74) is 0. The Morgan fingerprint density at radius 3 is 2.83 bits per heavy atom. The third-order valence-corrected chi connectivity index (χ3v) is 2.79. The fourth-order valence-electron chi connectivity index (χ4n) is 1.93. The van der Waals surface area contributed by atoms with Gasteiger partial charge in [-0.15, -0.1) is 0 Å². The summed E-state index contributed by atoms with van der Waals surface area (Å²) in [6.07, 6.45) is 2.88. The van der Waals surface area contributed by atoms with E-state index in [-0.39, 0.29) is 0 Å². The molecule has 3 unspecified atom stereocenters. The first-order valence-corrected chi connectivity index (χ1v) is 5.10. The molecule has 0 radical (unpaired) electrons. The lowest BCUT2D eigenvalue weighted by atomic mass is 9.95. The lowest BCUT2D eigenvalue weighted by Gasteiger charge is -2.22. The van der Waals surface area contributed by atoms with Crippen LogP contribution in [0, 0.1) is 5.92 Å². The van der Waals surface area contributed by atoms with Crippen LogP contribution in [0.25, 0.3) is 0 Å². The Labute approximate surface area is 75.7 Å². The van der Waals surface area contributed by atoms with Crippen molar-refractivity contribution in [1.29, 1.82) is 0 Å². The summed E-state index contributed by atoms with van der Waals surface area (Å²) in [4.78, 5) is 0. The molecule has 2 nitrogen and oxygen atoms in total. The van der Waals surface area contributed by atoms with E-state index in [1.54, 1.807) is 0 Å². The molecule has 3 atom stereocenters. The Bertz CT molecular complexity index is 127. The van der Waals surface area contributed by atoms with Gasteiger partial charge >= 0.3 is 0 Å². The van der Waals surface area contributed by atoms with Crippen molar-refractivity contribution in [2.45, 2.75) is 45.8 Å². The largest absolute Gasteiger partial charge is 0.378 e. The van der Waals surface area contributed by atoms with E-state index in [1.807, 2.05) is 0 Å². The van der Waals surface area contributed by atoms with Crippen molar-refractivity contribution in [3.63, 3.8) is 0 Å². The molecule has 1 aliphatic rings. The van der Waals surface area contributed by atoms with Crippen LogP contribution < -0.4 is 5.32 Å². The van der Waals surface area contributed by atoms with E-state index in [0.29, 0.717) is 12.1 Å². The van der Waals surface area contributed by atoms with Gasteiger partial charge in [0.2, 0.25) is 0 Å². The summed E-state index contributed by atoms with van der Waals surface area (Å²) in [6.45, 7) is 8.73. The third kappa shape index (κ3) is 2.46. The fourth-order valence-corrected chi connectivity index (χ4v) is 1.93. The molecule has 12 heavy (non-hydrogen) atoms. The summed E-state index contributed by atoms with van der Waals surface area (Å²) in [7, 11) is 0. The number of hydrogen-bond acceptors (Lipinski definition) is 2. The zero-order chi connectivity index (χ0) is 8.97. The Balaban J connectivity index is 2.25. The van der Waals surface area contributed by atoms with Gasteiger partial charge in [0.15, 0.2) is 0 Å². The summed E-state index contributed by atoms with van der Waals surface area (Å²) in [6, 6.07) is 0.613. The van der Waals surface area contributed by atoms with Crippen molar-refractivity contribution in [2.24, 2.45) is 5.92 Å². The normalized spacial score (nSPS) is 32.2. The minimum atomic E-state index is 0.448. The van der Waals surface area contributed by atoms with Crippen LogP contribution in [0.3, 0.4) is 0 Å². The highest BCUT2D eigenvalue weighted by Crippen LogP contribution is 2.23. The number of nitrogens with one attached hydrogen (secondary N) is 1. The van der Waals surface area contributed by atoms with Gasteiger partial charge in [0.05, 0.1) is 6.10 Å². The van der Waals surface area contributed by atoms with Gasteiger partial charge in [-0.05, 0) is 33.2 Å². The van der Waals surface area contributed by atoms with Gasteiger partial charge in [0, 0.05) is 18.6 Å². The van der Waals surface area contributed by atoms with Gasteiger partial charge in [-0.25, -0.2) is 0 Å². The first kappa shape index (κ1) is 10.0. The quantitative estimate of drug-likeness (QED) is 0.696. The molecule has 0 bridgehead atoms. The average molecular weight is 171 g/mol. The SMILES string of the molecule is CCCNC(C)C1CCOC1C. The second kappa shape index (κ2) is 4.83. The van der Waals surface area contributed by atoms with Crippen LogP contribution in [-0.4, -0.2) is 25.3 Å². The van der Waals surface area contributed by atoms with Crippen molar-refractivity contribution in [3.8, 4) is 0 Å². The highest BCUT2D eigenvalue weighted by atomic mass is 16.5.